The maximum absolute atomic E-state index is 14.3. The molecule has 1 aliphatic heterocycles. The second-order valence-electron chi connectivity index (χ2n) is 21.1. The Bertz CT molecular complexity index is 2240. The predicted molar refractivity (Wildman–Crippen MR) is 308 cm³/mol. The van der Waals surface area contributed by atoms with E-state index in [2.05, 4.69) is 44.1 Å². The van der Waals surface area contributed by atoms with Gasteiger partial charge in [0.05, 0.1) is 30.6 Å². The van der Waals surface area contributed by atoms with Gasteiger partial charge in [-0.05, 0) is 72.0 Å². The second kappa shape index (κ2) is 41.6. The number of halogens is 1. The highest BCUT2D eigenvalue weighted by Crippen LogP contribution is 2.14. The van der Waals surface area contributed by atoms with Crippen LogP contribution in [0.3, 0.4) is 0 Å². The Kier molecular flexibility index (Phi) is 37.5. The van der Waals surface area contributed by atoms with Crippen molar-refractivity contribution in [3.05, 3.63) is 11.8 Å². The van der Waals surface area contributed by atoms with Crippen LogP contribution >= 0.6 is 11.6 Å². The summed E-state index contributed by atoms with van der Waals surface area (Å²) in [6.07, 6.45) is 0.544. The van der Waals surface area contributed by atoms with Crippen LogP contribution in [-0.4, -0.2) is 201 Å². The highest BCUT2D eigenvalue weighted by atomic mass is 35.5. The summed E-state index contributed by atoms with van der Waals surface area (Å²) in [6, 6.07) is -15.3. The molecule has 1 rings (SSSR count). The lowest BCUT2D eigenvalue weighted by Gasteiger charge is -2.29. The van der Waals surface area contributed by atoms with Crippen molar-refractivity contribution in [2.75, 3.05) is 32.1 Å². The Hall–Kier alpha value is -6.41. The molecule has 20 N–H and O–H groups in total. The molecule has 12 atom stereocenters. The first kappa shape index (κ1) is 76.6. The van der Waals surface area contributed by atoms with Crippen LogP contribution in [-0.2, 0) is 62.3 Å². The molecule has 0 bridgehead atoms. The summed E-state index contributed by atoms with van der Waals surface area (Å²) in [4.78, 5) is 165. The molecule has 1 saturated heterocycles. The summed E-state index contributed by atoms with van der Waals surface area (Å²) in [5.74, 6) is -16.8. The summed E-state index contributed by atoms with van der Waals surface area (Å²) < 4.78 is 5.32. The number of esters is 1. The van der Waals surface area contributed by atoms with E-state index in [0.717, 1.165) is 64.4 Å². The molecule has 484 valence electrons. The first-order chi connectivity index (χ1) is 40.2. The lowest BCUT2D eigenvalue weighted by Crippen LogP contribution is -2.62. The number of alkyl halides is 1. The minimum atomic E-state index is -2.82. The van der Waals surface area contributed by atoms with Crippen LogP contribution in [0, 0.1) is 5.92 Å². The van der Waals surface area contributed by atoms with Gasteiger partial charge in [-0.2, -0.15) is 0 Å². The van der Waals surface area contributed by atoms with Gasteiger partial charge in [-0.15, -0.1) is 11.6 Å². The fourth-order valence-electron chi connectivity index (χ4n) is 8.49. The van der Waals surface area contributed by atoms with Gasteiger partial charge in [0.2, 0.25) is 47.3 Å². The molecule has 31 heteroatoms. The molecule has 1 fully saturated rings. The molecule has 1 aliphatic rings. The fourth-order valence-corrected chi connectivity index (χ4v) is 8.67. The van der Waals surface area contributed by atoms with Gasteiger partial charge < -0.3 is 95.3 Å². The van der Waals surface area contributed by atoms with E-state index in [9.17, 15) is 83.1 Å². The first-order valence-electron chi connectivity index (χ1n) is 28.9. The number of cyclic esters (lactones) is 1. The normalized spacial score (nSPS) is 24.3. The van der Waals surface area contributed by atoms with Crippen LogP contribution in [0.25, 0.3) is 0 Å². The summed E-state index contributed by atoms with van der Waals surface area (Å²) in [7, 11) is 0. The Labute approximate surface area is 500 Å². The average Bonchev–Trinajstić information content (AvgIpc) is 3.40. The zero-order chi connectivity index (χ0) is 64.3. The van der Waals surface area contributed by atoms with Crippen molar-refractivity contribution in [2.45, 2.75) is 217 Å². The van der Waals surface area contributed by atoms with E-state index in [1.165, 1.54) is 20.8 Å². The van der Waals surface area contributed by atoms with Gasteiger partial charge in [-0.1, -0.05) is 84.6 Å². The molecule has 0 spiro atoms. The smallest absolute Gasteiger partial charge is 0.335 e. The third-order valence-corrected chi connectivity index (χ3v) is 13.9. The highest BCUT2D eigenvalue weighted by molar-refractivity contribution is 6.18. The average molecular weight is 1230 g/mol. The van der Waals surface area contributed by atoms with Crippen LogP contribution in [0.2, 0.25) is 0 Å². The van der Waals surface area contributed by atoms with Crippen LogP contribution < -0.4 is 65.1 Å². The Morgan fingerprint density at radius 2 is 1.13 bits per heavy atom. The summed E-state index contributed by atoms with van der Waals surface area (Å²) in [6.45, 7) is 5.83. The molecule has 30 nitrogen and oxygen atoms in total. The number of Topliss-reactive ketones (excluding diaryl/α,β-unsaturated/α-hetero) is 1. The number of aliphatic hydroxyl groups excluding tert-OH is 4. The van der Waals surface area contributed by atoms with Crippen molar-refractivity contribution in [3.63, 3.8) is 0 Å². The molecule has 9 amide bonds. The van der Waals surface area contributed by atoms with E-state index in [1.54, 1.807) is 0 Å². The number of carboxylic acids is 1. The Morgan fingerprint density at radius 1 is 0.624 bits per heavy atom. The lowest BCUT2D eigenvalue weighted by atomic mass is 9.99. The minimum Gasteiger partial charge on any atom is -0.479 e. The molecule has 0 radical (unpaired) electrons. The lowest BCUT2D eigenvalue weighted by molar-refractivity contribution is -0.155. The van der Waals surface area contributed by atoms with Crippen molar-refractivity contribution < 1.29 is 87.8 Å². The van der Waals surface area contributed by atoms with Crippen molar-refractivity contribution in [2.24, 2.45) is 23.1 Å². The number of aliphatic hydroxyl groups is 4. The van der Waals surface area contributed by atoms with E-state index in [1.807, 2.05) is 10.6 Å². The number of hydrogen-bond donors (Lipinski definition) is 17. The van der Waals surface area contributed by atoms with Crippen molar-refractivity contribution >= 4 is 82.5 Å². The number of carbonyl (C=O) groups excluding carboxylic acids is 11. The number of rotatable bonds is 29. The fraction of sp³-hybridized carbons (Fsp3) is 0.741. The Balaban J connectivity index is 4.07. The number of aliphatic carboxylic acids is 1. The van der Waals surface area contributed by atoms with Crippen molar-refractivity contribution in [1.29, 1.82) is 0 Å². The van der Waals surface area contributed by atoms with Crippen LogP contribution in [0.5, 0.6) is 0 Å². The molecular formula is C54H93ClN12O18. The van der Waals surface area contributed by atoms with E-state index >= 15 is 0 Å². The zero-order valence-corrected chi connectivity index (χ0v) is 50.0. The molecule has 0 aromatic carbocycles. The van der Waals surface area contributed by atoms with Gasteiger partial charge in [0.1, 0.15) is 60.4 Å². The largest absolute Gasteiger partial charge is 0.479 e. The topological polar surface area (TPSA) is 502 Å². The van der Waals surface area contributed by atoms with Gasteiger partial charge in [0, 0.05) is 12.3 Å². The monoisotopic (exact) mass is 1230 g/mol. The molecule has 0 aromatic heterocycles. The number of hydrogen-bond acceptors (Lipinski definition) is 20. The maximum atomic E-state index is 14.3. The van der Waals surface area contributed by atoms with Gasteiger partial charge in [-0.25, -0.2) is 9.59 Å². The van der Waals surface area contributed by atoms with E-state index < -0.39 is 181 Å². The third kappa shape index (κ3) is 28.6. The van der Waals surface area contributed by atoms with E-state index in [-0.39, 0.29) is 51.7 Å². The molecule has 0 aliphatic carbocycles. The molecule has 85 heavy (non-hydrogen) atoms. The van der Waals surface area contributed by atoms with E-state index in [0.29, 0.717) is 12.8 Å². The molecule has 1 unspecified atom stereocenters. The number of carboxylic acid groups (broad SMARTS) is 1. The Morgan fingerprint density at radius 3 is 1.64 bits per heavy atom. The van der Waals surface area contributed by atoms with Crippen molar-refractivity contribution in [3.8, 4) is 0 Å². The number of unbranched alkanes of at least 4 members (excludes halogenated alkanes) is 9. The first-order valence-corrected chi connectivity index (χ1v) is 29.4. The quantitative estimate of drug-likeness (QED) is 0.0147. The minimum absolute atomic E-state index is 0.130. The highest BCUT2D eigenvalue weighted by Gasteiger charge is 2.41. The van der Waals surface area contributed by atoms with Gasteiger partial charge in [0.25, 0.3) is 5.91 Å². The maximum Gasteiger partial charge on any atom is 0.335 e. The van der Waals surface area contributed by atoms with Crippen LogP contribution in [0.1, 0.15) is 144 Å². The van der Waals surface area contributed by atoms with Gasteiger partial charge >= 0.3 is 11.9 Å². The number of nitrogens with two attached hydrogens (primary N) is 3. The number of ketones is 1. The summed E-state index contributed by atoms with van der Waals surface area (Å²) in [5.41, 5.74) is 16.6. The molecule has 0 saturated carbocycles. The number of allylic oxidation sites excluding steroid dienone is 1. The molecular weight excluding hydrogens is 1140 g/mol. The summed E-state index contributed by atoms with van der Waals surface area (Å²) >= 11 is 5.88. The predicted octanol–water partition coefficient (Wildman–Crippen LogP) is -4.02. The third-order valence-electron chi connectivity index (χ3n) is 13.6. The van der Waals surface area contributed by atoms with E-state index in [4.69, 9.17) is 33.5 Å². The second-order valence-corrected chi connectivity index (χ2v) is 21.4. The van der Waals surface area contributed by atoms with Crippen molar-refractivity contribution in [1.82, 2.24) is 47.9 Å². The van der Waals surface area contributed by atoms with Gasteiger partial charge in [-0.3, -0.25) is 47.9 Å². The SMILES string of the molecule is C/C=C1/NC(=O)[C@H]([C@H](C)O)NC(=O)[C@H](CCN)NC(=O)[C@H](CCCCN)NC(=O)[C@H](CC(=O)C(C)C)NC(=O)[C@@H](CCN)NC(=O)[C@@H](NC(=O)C[C@@H](O)CCCCCCCCCCC)COC(=O)[C@H]([C@H](O)CCl)NC(=O)[C@H](C(O)C(=O)O)NC1=O. The standard InChI is InChI=1S/C54H93ClN12O18/c1-6-8-9-10-11-12-13-14-15-18-31(69)25-40(72)59-37-28-85-54(84)42(39(71)27-55)66-52(81)43(44(73)53(82)83)67-45(74)32(7-2)60-51(80)41(30(5)68)65-48(77)35(21-24-58)62-46(75)33(19-16-17-22-56)61-49(78)36(26-38(70)29(3)4)64-47(76)34(20-23-57)63-50(37)79/h7,29-31,33-37,39,41-44,68-69,71,73H,6,8-28,56-58H2,1-5H3,(H,59,72)(H,60,80)(H,61,78)(H,62,75)(H,63,79)(H,64,76)(H,65,77)(H,66,81)(H,67,74)(H,82,83)/b32-7+/t30-,31-,33-,34+,35-,36-,37-,39+,41-,42-,43-,44?/m0/s1. The van der Waals surface area contributed by atoms with Crippen LogP contribution in [0.15, 0.2) is 11.8 Å². The summed E-state index contributed by atoms with van der Waals surface area (Å²) in [5, 5.41) is 73.2. The zero-order valence-electron chi connectivity index (χ0n) is 49.3. The molecule has 1 heterocycles. The molecule has 0 aromatic rings. The number of carbonyl (C=O) groups is 12. The number of amides is 9. The number of nitrogens with one attached hydrogen (secondary N) is 9. The van der Waals surface area contributed by atoms with Crippen LogP contribution in [0.4, 0.5) is 0 Å². The van der Waals surface area contributed by atoms with Gasteiger partial charge in [0.15, 0.2) is 12.1 Å². The number of ether oxygens (including phenoxy) is 1.